The van der Waals surface area contributed by atoms with E-state index in [0.29, 0.717) is 22.3 Å². The van der Waals surface area contributed by atoms with Crippen LogP contribution in [-0.4, -0.2) is 25.8 Å². The molecule has 180 valence electrons. The van der Waals surface area contributed by atoms with Gasteiger partial charge in [-0.15, -0.1) is 11.3 Å². The molecule has 0 fully saturated rings. The summed E-state index contributed by atoms with van der Waals surface area (Å²) < 4.78 is 1.74. The minimum Gasteiger partial charge on any atom is -0.360 e. The predicted octanol–water partition coefficient (Wildman–Crippen LogP) is 6.04. The number of anilines is 1. The Balaban J connectivity index is 1.57. The molecule has 6 rings (SSSR count). The van der Waals surface area contributed by atoms with Crippen molar-refractivity contribution in [2.45, 2.75) is 13.0 Å². The van der Waals surface area contributed by atoms with Crippen molar-refractivity contribution in [3.63, 3.8) is 0 Å². The van der Waals surface area contributed by atoms with Crippen LogP contribution in [0.4, 0.5) is 5.82 Å². The van der Waals surface area contributed by atoms with Gasteiger partial charge in [-0.3, -0.25) is 14.2 Å². The minimum atomic E-state index is -0.279. The van der Waals surface area contributed by atoms with Gasteiger partial charge >= 0.3 is 0 Å². The van der Waals surface area contributed by atoms with Crippen molar-refractivity contribution >= 4 is 44.6 Å². The van der Waals surface area contributed by atoms with Crippen LogP contribution in [0.2, 0.25) is 0 Å². The molecule has 1 atom stereocenters. The highest BCUT2D eigenvalue weighted by Gasteiger charge is 2.20. The summed E-state index contributed by atoms with van der Waals surface area (Å²) in [7, 11) is 0. The Labute approximate surface area is 216 Å². The van der Waals surface area contributed by atoms with E-state index in [9.17, 15) is 9.59 Å². The van der Waals surface area contributed by atoms with Crippen LogP contribution in [-0.2, 0) is 0 Å². The summed E-state index contributed by atoms with van der Waals surface area (Å²) in [6.07, 6.45) is 2.33. The lowest BCUT2D eigenvalue weighted by Gasteiger charge is -2.22. The minimum absolute atomic E-state index is 0.138. The molecule has 8 heteroatoms. The van der Waals surface area contributed by atoms with Crippen LogP contribution in [0.25, 0.3) is 37.9 Å². The maximum absolute atomic E-state index is 14.3. The van der Waals surface area contributed by atoms with Crippen LogP contribution in [0, 0.1) is 0 Å². The Bertz CT molecular complexity index is 1830. The van der Waals surface area contributed by atoms with Crippen molar-refractivity contribution < 1.29 is 4.79 Å². The number of aromatic nitrogens is 4. The maximum Gasteiger partial charge on any atom is 0.263 e. The topological polar surface area (TPSA) is 89.8 Å². The summed E-state index contributed by atoms with van der Waals surface area (Å²) in [5, 5.41) is 4.85. The number of carbonyl (C=O) groups is 1. The lowest BCUT2D eigenvalue weighted by atomic mass is 9.97. The fraction of sp³-hybridized carbons (Fsp3) is 0.0690. The van der Waals surface area contributed by atoms with E-state index in [2.05, 4.69) is 20.3 Å². The number of rotatable bonds is 6. The number of nitrogens with zero attached hydrogens (tertiary/aromatic N) is 4. The largest absolute Gasteiger partial charge is 0.360 e. The van der Waals surface area contributed by atoms with Crippen molar-refractivity contribution in [1.82, 2.24) is 19.5 Å². The zero-order valence-corrected chi connectivity index (χ0v) is 20.6. The first-order chi connectivity index (χ1) is 18.1. The first-order valence-electron chi connectivity index (χ1n) is 11.7. The second-order valence-corrected chi connectivity index (χ2v) is 9.49. The first-order valence-corrected chi connectivity index (χ1v) is 12.6. The van der Waals surface area contributed by atoms with Crippen molar-refractivity contribution in [2.24, 2.45) is 0 Å². The normalized spacial score (nSPS) is 12.0. The Hall–Kier alpha value is -4.69. The van der Waals surface area contributed by atoms with E-state index in [-0.39, 0.29) is 11.6 Å². The Morgan fingerprint density at radius 3 is 2.62 bits per heavy atom. The molecule has 0 bridgehead atoms. The lowest BCUT2D eigenvalue weighted by Crippen LogP contribution is -2.26. The molecular formula is C29H21N5O2S. The molecule has 7 nitrogen and oxygen atoms in total. The van der Waals surface area contributed by atoms with Crippen LogP contribution in [0.3, 0.4) is 0 Å². The molecular weight excluding hydrogens is 482 g/mol. The smallest absolute Gasteiger partial charge is 0.263 e. The van der Waals surface area contributed by atoms with Crippen molar-refractivity contribution in [1.29, 1.82) is 0 Å². The third-order valence-electron chi connectivity index (χ3n) is 6.36. The number of aldehydes is 1. The second kappa shape index (κ2) is 9.40. The van der Waals surface area contributed by atoms with Gasteiger partial charge in [0.05, 0.1) is 16.9 Å². The number of para-hydroxylation sites is 1. The summed E-state index contributed by atoms with van der Waals surface area (Å²) in [5.74, 6) is 0.616. The molecule has 0 aliphatic carbocycles. The number of benzene rings is 3. The van der Waals surface area contributed by atoms with Crippen LogP contribution < -0.4 is 10.9 Å². The predicted molar refractivity (Wildman–Crippen MR) is 148 cm³/mol. The zero-order chi connectivity index (χ0) is 25.4. The van der Waals surface area contributed by atoms with Gasteiger partial charge in [0.25, 0.3) is 5.56 Å². The monoisotopic (exact) mass is 503 g/mol. The van der Waals surface area contributed by atoms with Gasteiger partial charge in [0.15, 0.2) is 5.82 Å². The van der Waals surface area contributed by atoms with Gasteiger partial charge in [-0.05, 0) is 47.7 Å². The molecule has 6 aromatic rings. The van der Waals surface area contributed by atoms with Crippen molar-refractivity contribution in [3.05, 3.63) is 112 Å². The SMILES string of the molecule is C[C@H](Nc1ncnc2scnc12)c1cc2cccc(-c3cccc(C=O)c3)c2c(=O)n1-c1ccccc1. The summed E-state index contributed by atoms with van der Waals surface area (Å²) in [6, 6.07) is 24.4. The highest BCUT2D eigenvalue weighted by molar-refractivity contribution is 7.16. The number of hydrogen-bond acceptors (Lipinski definition) is 7. The van der Waals surface area contributed by atoms with Gasteiger partial charge in [0.1, 0.15) is 23.0 Å². The first kappa shape index (κ1) is 22.8. The molecule has 3 aromatic heterocycles. The van der Waals surface area contributed by atoms with Crippen LogP contribution in [0.1, 0.15) is 29.0 Å². The van der Waals surface area contributed by atoms with Crippen LogP contribution in [0.5, 0.6) is 0 Å². The molecule has 37 heavy (non-hydrogen) atoms. The molecule has 0 spiro atoms. The fourth-order valence-electron chi connectivity index (χ4n) is 4.64. The Kier molecular flexibility index (Phi) is 5.78. The molecule has 0 amide bonds. The molecule has 1 N–H and O–H groups in total. The van der Waals surface area contributed by atoms with Crippen molar-refractivity contribution in [2.75, 3.05) is 5.32 Å². The Morgan fingerprint density at radius 2 is 1.78 bits per heavy atom. The van der Waals surface area contributed by atoms with E-state index in [4.69, 9.17) is 0 Å². The van der Waals surface area contributed by atoms with Crippen LogP contribution in [0.15, 0.2) is 95.5 Å². The van der Waals surface area contributed by atoms with E-state index in [1.165, 1.54) is 17.7 Å². The molecule has 0 saturated carbocycles. The fourth-order valence-corrected chi connectivity index (χ4v) is 5.27. The van der Waals surface area contributed by atoms with Crippen molar-refractivity contribution in [3.8, 4) is 16.8 Å². The van der Waals surface area contributed by atoms with E-state index < -0.39 is 0 Å². The number of pyridine rings is 1. The molecule has 0 unspecified atom stereocenters. The van der Waals surface area contributed by atoms with E-state index in [1.54, 1.807) is 22.2 Å². The average molecular weight is 504 g/mol. The van der Waals surface area contributed by atoms with Gasteiger partial charge < -0.3 is 5.32 Å². The number of hydrogen-bond donors (Lipinski definition) is 1. The maximum atomic E-state index is 14.3. The summed E-state index contributed by atoms with van der Waals surface area (Å²) in [5.41, 5.74) is 6.01. The van der Waals surface area contributed by atoms with Gasteiger partial charge in [-0.2, -0.15) is 0 Å². The standard InChI is InChI=1S/C29H21N5O2S/c1-18(33-27-26-28(31-16-30-27)37-17-32-26)24-14-21-9-6-12-23(20-8-5-7-19(13-20)15-35)25(21)29(36)34(24)22-10-3-2-4-11-22/h2-18H,1H3,(H,30,31,33)/t18-/m0/s1. The highest BCUT2D eigenvalue weighted by Crippen LogP contribution is 2.31. The second-order valence-electron chi connectivity index (χ2n) is 8.65. The number of thiazole rings is 1. The summed E-state index contributed by atoms with van der Waals surface area (Å²) in [6.45, 7) is 2.00. The quantitative estimate of drug-likeness (QED) is 0.279. The summed E-state index contributed by atoms with van der Waals surface area (Å²) in [4.78, 5) is 39.6. The molecule has 0 saturated heterocycles. The molecule has 0 aliphatic heterocycles. The zero-order valence-electron chi connectivity index (χ0n) is 19.8. The Morgan fingerprint density at radius 1 is 0.946 bits per heavy atom. The van der Waals surface area contributed by atoms with Crippen LogP contribution >= 0.6 is 11.3 Å². The molecule has 3 heterocycles. The molecule has 0 radical (unpaired) electrons. The lowest BCUT2D eigenvalue weighted by molar-refractivity contribution is 0.112. The number of carbonyl (C=O) groups excluding carboxylic acids is 1. The van der Waals surface area contributed by atoms with E-state index >= 15 is 0 Å². The van der Waals surface area contributed by atoms with Gasteiger partial charge in [0, 0.05) is 16.9 Å². The average Bonchev–Trinajstić information content (AvgIpc) is 3.43. The van der Waals surface area contributed by atoms with Gasteiger partial charge in [0.2, 0.25) is 0 Å². The third kappa shape index (κ3) is 4.07. The highest BCUT2D eigenvalue weighted by atomic mass is 32.1. The third-order valence-corrected chi connectivity index (χ3v) is 7.09. The van der Waals surface area contributed by atoms with E-state index in [0.717, 1.165) is 39.0 Å². The van der Waals surface area contributed by atoms with Gasteiger partial charge in [-0.25, -0.2) is 15.0 Å². The molecule has 3 aromatic carbocycles. The number of nitrogens with one attached hydrogen (secondary N) is 1. The van der Waals surface area contributed by atoms with Gasteiger partial charge in [-0.1, -0.05) is 54.6 Å². The summed E-state index contributed by atoms with van der Waals surface area (Å²) >= 11 is 1.45. The molecule has 0 aliphatic rings. The van der Waals surface area contributed by atoms with E-state index in [1.807, 2.05) is 73.7 Å². The number of fused-ring (bicyclic) bond motifs is 2.